The molecule has 0 bridgehead atoms. The maximum Gasteiger partial charge on any atom is 0.115 e. The highest BCUT2D eigenvalue weighted by molar-refractivity contribution is 9.09. The summed E-state index contributed by atoms with van der Waals surface area (Å²) in [6.07, 6.45) is 4.18. The van der Waals surface area contributed by atoms with Crippen molar-refractivity contribution in [1.82, 2.24) is 4.98 Å². The molecule has 0 aromatic carbocycles. The van der Waals surface area contributed by atoms with Crippen LogP contribution in [-0.2, 0) is 0 Å². The molecule has 1 rings (SSSR count). The predicted octanol–water partition coefficient (Wildman–Crippen LogP) is 4.00. The Kier molecular flexibility index (Phi) is 5.83. The number of nitrogens with zero attached hydrogens (tertiary/aromatic N) is 1. The molecule has 0 radical (unpaired) electrons. The molecular formula is C9H11BrClNS. The number of aromatic nitrogens is 1. The zero-order valence-electron chi connectivity index (χ0n) is 7.17. The van der Waals surface area contributed by atoms with Crippen LogP contribution in [0.2, 0.25) is 5.02 Å². The lowest BCUT2D eigenvalue weighted by molar-refractivity contribution is 0.911. The number of alkyl halides is 1. The van der Waals surface area contributed by atoms with Gasteiger partial charge in [0.05, 0.1) is 5.02 Å². The highest BCUT2D eigenvalue weighted by Gasteiger charge is 1.99. The molecule has 1 nitrogen and oxygen atoms in total. The minimum absolute atomic E-state index is 0.756. The molecule has 0 fully saturated rings. The van der Waals surface area contributed by atoms with E-state index in [-0.39, 0.29) is 0 Å². The summed E-state index contributed by atoms with van der Waals surface area (Å²) >= 11 is 11.1. The van der Waals surface area contributed by atoms with Crippen LogP contribution in [0.4, 0.5) is 0 Å². The summed E-state index contributed by atoms with van der Waals surface area (Å²) in [6, 6.07) is 3.73. The number of thioether (sulfide) groups is 1. The molecule has 0 saturated heterocycles. The van der Waals surface area contributed by atoms with Gasteiger partial charge in [-0.3, -0.25) is 0 Å². The Hall–Kier alpha value is 0.270. The minimum Gasteiger partial charge on any atom is -0.248 e. The number of hydrogen-bond acceptors (Lipinski definition) is 2. The van der Waals surface area contributed by atoms with Crippen LogP contribution in [-0.4, -0.2) is 16.1 Å². The molecule has 4 heteroatoms. The molecule has 72 valence electrons. The summed E-state index contributed by atoms with van der Waals surface area (Å²) in [5.74, 6) is 1.09. The Balaban J connectivity index is 2.32. The molecule has 1 aromatic heterocycles. The van der Waals surface area contributed by atoms with Gasteiger partial charge in [-0.05, 0) is 30.7 Å². The number of rotatable bonds is 5. The van der Waals surface area contributed by atoms with E-state index in [0.717, 1.165) is 21.1 Å². The second-order valence-electron chi connectivity index (χ2n) is 2.53. The lowest BCUT2D eigenvalue weighted by Crippen LogP contribution is -1.84. The molecule has 0 N–H and O–H groups in total. The summed E-state index contributed by atoms with van der Waals surface area (Å²) in [5.41, 5.74) is 0. The topological polar surface area (TPSA) is 12.9 Å². The Morgan fingerprint density at radius 1 is 1.46 bits per heavy atom. The average Bonchev–Trinajstić information content (AvgIpc) is 2.15. The van der Waals surface area contributed by atoms with E-state index in [1.54, 1.807) is 18.0 Å². The maximum absolute atomic E-state index is 5.94. The van der Waals surface area contributed by atoms with E-state index in [0.29, 0.717) is 0 Å². The van der Waals surface area contributed by atoms with Crippen molar-refractivity contribution in [2.75, 3.05) is 11.1 Å². The van der Waals surface area contributed by atoms with Crippen LogP contribution in [0.1, 0.15) is 12.8 Å². The van der Waals surface area contributed by atoms with Crippen molar-refractivity contribution in [3.8, 4) is 0 Å². The van der Waals surface area contributed by atoms with Crippen LogP contribution in [0.3, 0.4) is 0 Å². The van der Waals surface area contributed by atoms with Gasteiger partial charge in [0.15, 0.2) is 0 Å². The van der Waals surface area contributed by atoms with Crippen LogP contribution in [0.5, 0.6) is 0 Å². The number of unbranched alkanes of at least 4 members (excludes halogenated alkanes) is 1. The fourth-order valence-corrected chi connectivity index (χ4v) is 2.41. The first-order valence-electron chi connectivity index (χ1n) is 4.14. The number of pyridine rings is 1. The number of hydrogen-bond donors (Lipinski definition) is 0. The second-order valence-corrected chi connectivity index (χ2v) is 4.82. The van der Waals surface area contributed by atoms with Crippen LogP contribution in [0.25, 0.3) is 0 Å². The smallest absolute Gasteiger partial charge is 0.115 e. The standard InChI is InChI=1S/C9H11BrClNS/c10-5-1-2-7-13-9-8(11)4-3-6-12-9/h3-4,6H,1-2,5,7H2. The highest BCUT2D eigenvalue weighted by Crippen LogP contribution is 2.24. The Morgan fingerprint density at radius 3 is 3.00 bits per heavy atom. The first-order valence-corrected chi connectivity index (χ1v) is 6.62. The van der Waals surface area contributed by atoms with Crippen molar-refractivity contribution >= 4 is 39.3 Å². The van der Waals surface area contributed by atoms with Crippen molar-refractivity contribution < 1.29 is 0 Å². The Bertz CT molecular complexity index is 257. The second kappa shape index (κ2) is 6.68. The van der Waals surface area contributed by atoms with E-state index in [1.165, 1.54) is 12.8 Å². The highest BCUT2D eigenvalue weighted by atomic mass is 79.9. The molecule has 0 spiro atoms. The third-order valence-electron chi connectivity index (χ3n) is 1.49. The van der Waals surface area contributed by atoms with E-state index in [4.69, 9.17) is 11.6 Å². The molecular weight excluding hydrogens is 270 g/mol. The zero-order valence-corrected chi connectivity index (χ0v) is 10.3. The molecule has 0 unspecified atom stereocenters. The van der Waals surface area contributed by atoms with Gasteiger partial charge in [0.2, 0.25) is 0 Å². The largest absolute Gasteiger partial charge is 0.248 e. The van der Waals surface area contributed by atoms with Crippen molar-refractivity contribution in [2.45, 2.75) is 17.9 Å². The van der Waals surface area contributed by atoms with Crippen molar-refractivity contribution in [3.63, 3.8) is 0 Å². The summed E-state index contributed by atoms with van der Waals surface area (Å²) in [5, 5.41) is 2.77. The van der Waals surface area contributed by atoms with Gasteiger partial charge in [0.1, 0.15) is 5.03 Å². The summed E-state index contributed by atoms with van der Waals surface area (Å²) < 4.78 is 0. The van der Waals surface area contributed by atoms with E-state index >= 15 is 0 Å². The van der Waals surface area contributed by atoms with Crippen LogP contribution in [0, 0.1) is 0 Å². The van der Waals surface area contributed by atoms with Gasteiger partial charge in [-0.15, -0.1) is 11.8 Å². The minimum atomic E-state index is 0.756. The number of halogens is 2. The third-order valence-corrected chi connectivity index (χ3v) is 3.56. The first kappa shape index (κ1) is 11.3. The summed E-state index contributed by atoms with van der Waals surface area (Å²) in [6.45, 7) is 0. The van der Waals surface area contributed by atoms with E-state index in [1.807, 2.05) is 12.1 Å². The van der Waals surface area contributed by atoms with Crippen molar-refractivity contribution in [1.29, 1.82) is 0 Å². The lowest BCUT2D eigenvalue weighted by atomic mass is 10.4. The molecule has 0 atom stereocenters. The maximum atomic E-state index is 5.94. The Morgan fingerprint density at radius 2 is 2.31 bits per heavy atom. The first-order chi connectivity index (χ1) is 6.34. The normalized spacial score (nSPS) is 10.3. The molecule has 0 aliphatic carbocycles. The van der Waals surface area contributed by atoms with Gasteiger partial charge in [-0.2, -0.15) is 0 Å². The van der Waals surface area contributed by atoms with Gasteiger partial charge >= 0.3 is 0 Å². The lowest BCUT2D eigenvalue weighted by Gasteiger charge is -2.01. The van der Waals surface area contributed by atoms with Gasteiger partial charge in [-0.1, -0.05) is 27.5 Å². The molecule has 1 aromatic rings. The van der Waals surface area contributed by atoms with Gasteiger partial charge < -0.3 is 0 Å². The monoisotopic (exact) mass is 279 g/mol. The van der Waals surface area contributed by atoms with Crippen LogP contribution < -0.4 is 0 Å². The molecule has 0 saturated carbocycles. The zero-order chi connectivity index (χ0) is 9.52. The molecule has 13 heavy (non-hydrogen) atoms. The van der Waals surface area contributed by atoms with Crippen LogP contribution >= 0.6 is 39.3 Å². The SMILES string of the molecule is Clc1cccnc1SCCCCBr. The van der Waals surface area contributed by atoms with Gasteiger partial charge in [-0.25, -0.2) is 4.98 Å². The summed E-state index contributed by atoms with van der Waals surface area (Å²) in [7, 11) is 0. The third kappa shape index (κ3) is 4.34. The van der Waals surface area contributed by atoms with Gasteiger partial charge in [0.25, 0.3) is 0 Å². The predicted molar refractivity (Wildman–Crippen MR) is 63.0 cm³/mol. The summed E-state index contributed by atoms with van der Waals surface area (Å²) in [4.78, 5) is 4.20. The van der Waals surface area contributed by atoms with E-state index in [9.17, 15) is 0 Å². The molecule has 1 heterocycles. The molecule has 0 aliphatic heterocycles. The van der Waals surface area contributed by atoms with E-state index < -0.39 is 0 Å². The fraction of sp³-hybridized carbons (Fsp3) is 0.444. The van der Waals surface area contributed by atoms with Crippen molar-refractivity contribution in [3.05, 3.63) is 23.4 Å². The van der Waals surface area contributed by atoms with Crippen LogP contribution in [0.15, 0.2) is 23.4 Å². The fourth-order valence-electron chi connectivity index (χ4n) is 0.843. The molecule has 0 amide bonds. The van der Waals surface area contributed by atoms with Crippen molar-refractivity contribution in [2.24, 2.45) is 0 Å². The molecule has 0 aliphatic rings. The quantitative estimate of drug-likeness (QED) is 0.459. The average molecular weight is 281 g/mol. The van der Waals surface area contributed by atoms with E-state index in [2.05, 4.69) is 20.9 Å². The Labute approximate surface area is 96.4 Å². The van der Waals surface area contributed by atoms with Gasteiger partial charge in [0, 0.05) is 11.5 Å².